The van der Waals surface area contributed by atoms with Crippen LogP contribution in [0.2, 0.25) is 0 Å². The molecule has 72 heavy (non-hydrogen) atoms. The molecule has 0 saturated heterocycles. The van der Waals surface area contributed by atoms with Gasteiger partial charge in [0.15, 0.2) is 11.2 Å². The van der Waals surface area contributed by atoms with E-state index in [9.17, 15) is 0 Å². The Balaban J connectivity index is 1.11. The van der Waals surface area contributed by atoms with Crippen LogP contribution < -0.4 is 9.80 Å². The van der Waals surface area contributed by atoms with E-state index < -0.39 is 0 Å². The summed E-state index contributed by atoms with van der Waals surface area (Å²) >= 11 is 0. The number of fused-ring (bicyclic) bond motifs is 6. The van der Waals surface area contributed by atoms with Crippen molar-refractivity contribution in [2.75, 3.05) is 9.80 Å². The maximum Gasteiger partial charge on any atom is 0.159 e. The Kier molecular flexibility index (Phi) is 10.1. The second-order valence-electron chi connectivity index (χ2n) is 24.2. The van der Waals surface area contributed by atoms with Gasteiger partial charge in [0.1, 0.15) is 11.2 Å². The third-order valence-electron chi connectivity index (χ3n) is 15.1. The molecule has 12 rings (SSSR count). The molecule has 4 nitrogen and oxygen atoms in total. The lowest BCUT2D eigenvalue weighted by atomic mass is 9.79. The van der Waals surface area contributed by atoms with Crippen LogP contribution in [0.15, 0.2) is 179 Å². The van der Waals surface area contributed by atoms with E-state index in [4.69, 9.17) is 8.83 Å². The monoisotopic (exact) mass is 940 g/mol. The average molecular weight is 941 g/mol. The van der Waals surface area contributed by atoms with E-state index in [-0.39, 0.29) is 21.7 Å². The van der Waals surface area contributed by atoms with E-state index in [1.54, 1.807) is 0 Å². The number of furan rings is 2. The normalized spacial score (nSPS) is 13.0. The number of para-hydroxylation sites is 4. The van der Waals surface area contributed by atoms with Gasteiger partial charge in [0, 0.05) is 54.8 Å². The SMILES string of the molecule is CC(C)(C)c1cc(C(C)(C)C)c2oc3c(N(c4ccccc4)c4ccc5ccc6c(N(c7ccccc7)c7cccc8c7oc7c(C(C)(C)C)cc(C(C)(C)C)cc78)ccc7ccc4c5c76)cccc3c2c1. The fourth-order valence-electron chi connectivity index (χ4n) is 11.2. The van der Waals surface area contributed by atoms with Crippen LogP contribution in [0.3, 0.4) is 0 Å². The van der Waals surface area contributed by atoms with Gasteiger partial charge in [-0.25, -0.2) is 0 Å². The van der Waals surface area contributed by atoms with Crippen LogP contribution in [0.1, 0.15) is 105 Å². The topological polar surface area (TPSA) is 32.8 Å². The second kappa shape index (κ2) is 16.0. The lowest BCUT2D eigenvalue weighted by Crippen LogP contribution is -2.16. The van der Waals surface area contributed by atoms with E-state index in [1.807, 2.05) is 0 Å². The molecule has 358 valence electrons. The maximum absolute atomic E-state index is 7.22. The van der Waals surface area contributed by atoms with Gasteiger partial charge in [0.2, 0.25) is 0 Å². The summed E-state index contributed by atoms with van der Waals surface area (Å²) in [5.41, 5.74) is 14.7. The Hall–Kier alpha value is -7.56. The Labute approximate surface area is 423 Å². The first kappa shape index (κ1) is 45.6. The van der Waals surface area contributed by atoms with Crippen molar-refractivity contribution in [2.45, 2.75) is 105 Å². The van der Waals surface area contributed by atoms with Gasteiger partial charge in [-0.3, -0.25) is 0 Å². The quantitative estimate of drug-likeness (QED) is 0.156. The molecule has 0 aliphatic carbocycles. The van der Waals surface area contributed by atoms with Gasteiger partial charge < -0.3 is 18.6 Å². The third kappa shape index (κ3) is 7.24. The fourth-order valence-corrected chi connectivity index (χ4v) is 11.2. The zero-order chi connectivity index (χ0) is 50.2. The van der Waals surface area contributed by atoms with Crippen LogP contribution in [0.5, 0.6) is 0 Å². The first-order valence-corrected chi connectivity index (χ1v) is 25.7. The highest BCUT2D eigenvalue weighted by Crippen LogP contribution is 2.52. The highest BCUT2D eigenvalue weighted by molar-refractivity contribution is 6.29. The van der Waals surface area contributed by atoms with E-state index in [2.05, 4.69) is 263 Å². The molecule has 0 spiro atoms. The number of hydrogen-bond donors (Lipinski definition) is 0. The highest BCUT2D eigenvalue weighted by atomic mass is 16.3. The van der Waals surface area contributed by atoms with E-state index in [0.29, 0.717) is 0 Å². The minimum Gasteiger partial charge on any atom is -0.454 e. The van der Waals surface area contributed by atoms with Crippen LogP contribution in [0, 0.1) is 0 Å². The summed E-state index contributed by atoms with van der Waals surface area (Å²) < 4.78 is 14.4. The standard InChI is InChI=1S/C68H64N2O2/c1-65(2,3)43-37-51-47-25-19-27-57(63(47)71-61(51)53(39-43)67(7,8)9)69(45-21-15-13-16-22-45)55-35-31-41-30-34-50-56(36-32-42-29-33-49(55)59(41)60(42)50)70(46-23-17-14-18-24-46)58-28-20-26-48-52-38-44(66(4,5)6)40-54(68(10,11)12)62(52)72-64(48)58/h13-40H,1-12H3. The summed E-state index contributed by atoms with van der Waals surface area (Å²) in [5.74, 6) is 0. The van der Waals surface area contributed by atoms with Crippen molar-refractivity contribution in [3.8, 4) is 0 Å². The Morgan fingerprint density at radius 1 is 0.292 bits per heavy atom. The molecule has 4 heteroatoms. The van der Waals surface area contributed by atoms with Crippen molar-refractivity contribution >= 4 is 110 Å². The lowest BCUT2D eigenvalue weighted by molar-refractivity contribution is 0.558. The van der Waals surface area contributed by atoms with E-state index in [1.165, 1.54) is 54.6 Å². The smallest absolute Gasteiger partial charge is 0.159 e. The van der Waals surface area contributed by atoms with Crippen molar-refractivity contribution in [1.82, 2.24) is 0 Å². The molecule has 12 aromatic rings. The molecular formula is C68H64N2O2. The van der Waals surface area contributed by atoms with Crippen LogP contribution in [-0.4, -0.2) is 0 Å². The summed E-state index contributed by atoms with van der Waals surface area (Å²) in [6.07, 6.45) is 0. The van der Waals surface area contributed by atoms with Gasteiger partial charge in [-0.15, -0.1) is 0 Å². The Morgan fingerprint density at radius 2 is 0.667 bits per heavy atom. The summed E-state index contributed by atoms with van der Waals surface area (Å²) in [7, 11) is 0. The van der Waals surface area contributed by atoms with Gasteiger partial charge in [0.25, 0.3) is 0 Å². The molecule has 0 fully saturated rings. The highest BCUT2D eigenvalue weighted by Gasteiger charge is 2.31. The summed E-state index contributed by atoms with van der Waals surface area (Å²) in [6, 6.07) is 62.7. The molecule has 0 amide bonds. The third-order valence-corrected chi connectivity index (χ3v) is 15.1. The van der Waals surface area contributed by atoms with Crippen molar-refractivity contribution < 1.29 is 8.83 Å². The number of nitrogens with zero attached hydrogens (tertiary/aromatic N) is 2. The summed E-state index contributed by atoms with van der Waals surface area (Å²) in [4.78, 5) is 4.82. The Morgan fingerprint density at radius 3 is 1.03 bits per heavy atom. The van der Waals surface area contributed by atoms with E-state index in [0.717, 1.165) is 78.0 Å². The molecule has 2 heterocycles. The predicted octanol–water partition coefficient (Wildman–Crippen LogP) is 20.5. The van der Waals surface area contributed by atoms with Gasteiger partial charge in [-0.2, -0.15) is 0 Å². The molecule has 0 radical (unpaired) electrons. The van der Waals surface area contributed by atoms with Crippen LogP contribution >= 0.6 is 0 Å². The number of benzene rings is 10. The molecule has 0 bridgehead atoms. The first-order valence-electron chi connectivity index (χ1n) is 25.7. The van der Waals surface area contributed by atoms with Crippen LogP contribution in [0.25, 0.3) is 76.2 Å². The van der Waals surface area contributed by atoms with Gasteiger partial charge in [-0.05, 0) is 115 Å². The minimum atomic E-state index is -0.127. The van der Waals surface area contributed by atoms with Crippen molar-refractivity contribution in [3.05, 3.63) is 192 Å². The zero-order valence-corrected chi connectivity index (χ0v) is 43.9. The molecule has 0 unspecified atom stereocenters. The largest absolute Gasteiger partial charge is 0.454 e. The zero-order valence-electron chi connectivity index (χ0n) is 43.9. The number of hydrogen-bond acceptors (Lipinski definition) is 4. The Bertz CT molecular complexity index is 3800. The molecule has 10 aromatic carbocycles. The number of rotatable bonds is 6. The van der Waals surface area contributed by atoms with Gasteiger partial charge in [-0.1, -0.05) is 192 Å². The van der Waals surface area contributed by atoms with Crippen LogP contribution in [-0.2, 0) is 21.7 Å². The van der Waals surface area contributed by atoms with Gasteiger partial charge >= 0.3 is 0 Å². The van der Waals surface area contributed by atoms with Crippen molar-refractivity contribution in [3.63, 3.8) is 0 Å². The lowest BCUT2D eigenvalue weighted by Gasteiger charge is -2.29. The van der Waals surface area contributed by atoms with Crippen molar-refractivity contribution in [1.29, 1.82) is 0 Å². The maximum atomic E-state index is 7.22. The predicted molar refractivity (Wildman–Crippen MR) is 309 cm³/mol. The number of anilines is 6. The fraction of sp³-hybridized carbons (Fsp3) is 0.235. The summed E-state index contributed by atoms with van der Waals surface area (Å²) in [5, 5.41) is 11.7. The van der Waals surface area contributed by atoms with E-state index >= 15 is 0 Å². The molecule has 0 aliphatic heterocycles. The minimum absolute atomic E-state index is 0.0292. The average Bonchev–Trinajstić information content (AvgIpc) is 3.92. The molecule has 0 N–H and O–H groups in total. The van der Waals surface area contributed by atoms with Gasteiger partial charge in [0.05, 0.1) is 22.7 Å². The molecule has 0 aliphatic rings. The summed E-state index contributed by atoms with van der Waals surface area (Å²) in [6.45, 7) is 27.5. The van der Waals surface area contributed by atoms with Crippen LogP contribution in [0.4, 0.5) is 34.1 Å². The molecule has 0 atom stereocenters. The molecular weight excluding hydrogens is 877 g/mol. The second-order valence-corrected chi connectivity index (χ2v) is 24.2. The molecule has 0 saturated carbocycles. The first-order chi connectivity index (χ1) is 34.3. The molecule has 2 aromatic heterocycles. The van der Waals surface area contributed by atoms with Crippen molar-refractivity contribution in [2.24, 2.45) is 0 Å².